The Morgan fingerprint density at radius 3 is 3.17 bits per heavy atom. The van der Waals surface area contributed by atoms with Crippen molar-refractivity contribution in [2.45, 2.75) is 6.04 Å². The van der Waals surface area contributed by atoms with E-state index in [1.165, 1.54) is 0 Å². The molecule has 0 aliphatic carbocycles. The lowest BCUT2D eigenvalue weighted by molar-refractivity contribution is -0.00767. The highest BCUT2D eigenvalue weighted by Crippen LogP contribution is 2.08. The zero-order chi connectivity index (χ0) is 8.81. The predicted molar refractivity (Wildman–Crippen MR) is 51.9 cm³/mol. The first-order valence-electron chi connectivity index (χ1n) is 4.25. The van der Waals surface area contributed by atoms with Gasteiger partial charge >= 0.3 is 0 Å². The van der Waals surface area contributed by atoms with Gasteiger partial charge in [0.1, 0.15) is 0 Å². The van der Waals surface area contributed by atoms with Gasteiger partial charge in [-0.05, 0) is 0 Å². The van der Waals surface area contributed by atoms with Gasteiger partial charge < -0.3 is 9.47 Å². The average Bonchev–Trinajstić information content (AvgIpc) is 2.15. The molecular formula is C8H16BrNO2. The molecule has 1 fully saturated rings. The highest BCUT2D eigenvalue weighted by molar-refractivity contribution is 9.09. The molecule has 1 unspecified atom stereocenters. The van der Waals surface area contributed by atoms with E-state index in [9.17, 15) is 0 Å². The summed E-state index contributed by atoms with van der Waals surface area (Å²) >= 11 is 3.48. The molecule has 1 heterocycles. The number of rotatable bonds is 4. The number of halogens is 1. The van der Waals surface area contributed by atoms with Crippen molar-refractivity contribution >= 4 is 15.9 Å². The Kier molecular flexibility index (Phi) is 5.14. The van der Waals surface area contributed by atoms with Crippen molar-refractivity contribution in [2.75, 3.05) is 45.4 Å². The maximum absolute atomic E-state index is 5.37. The van der Waals surface area contributed by atoms with E-state index in [2.05, 4.69) is 20.8 Å². The number of hydrogen-bond acceptors (Lipinski definition) is 3. The predicted octanol–water partition coefficient (Wildman–Crippen LogP) is 0.729. The number of morpholine rings is 1. The molecule has 1 aliphatic heterocycles. The van der Waals surface area contributed by atoms with Crippen LogP contribution in [0.4, 0.5) is 0 Å². The second-order valence-electron chi connectivity index (χ2n) is 2.91. The van der Waals surface area contributed by atoms with Crippen LogP contribution in [0.3, 0.4) is 0 Å². The van der Waals surface area contributed by atoms with E-state index in [1.807, 2.05) is 0 Å². The maximum atomic E-state index is 5.37. The first-order chi connectivity index (χ1) is 5.88. The Labute approximate surface area is 82.1 Å². The van der Waals surface area contributed by atoms with Crippen molar-refractivity contribution in [3.63, 3.8) is 0 Å². The van der Waals surface area contributed by atoms with E-state index in [0.717, 1.165) is 38.2 Å². The summed E-state index contributed by atoms with van der Waals surface area (Å²) in [6, 6.07) is 0.522. The molecule has 72 valence electrons. The first-order valence-corrected chi connectivity index (χ1v) is 5.37. The van der Waals surface area contributed by atoms with Gasteiger partial charge in [0, 0.05) is 31.6 Å². The van der Waals surface area contributed by atoms with Gasteiger partial charge in [0.2, 0.25) is 0 Å². The highest BCUT2D eigenvalue weighted by atomic mass is 79.9. The van der Waals surface area contributed by atoms with Gasteiger partial charge in [0.15, 0.2) is 0 Å². The molecule has 1 atom stereocenters. The number of ether oxygens (including phenoxy) is 2. The Morgan fingerprint density at radius 1 is 1.67 bits per heavy atom. The molecule has 0 spiro atoms. The second kappa shape index (κ2) is 5.91. The third-order valence-corrected chi connectivity index (χ3v) is 2.86. The molecule has 1 saturated heterocycles. The molecule has 12 heavy (non-hydrogen) atoms. The molecule has 0 aromatic heterocycles. The van der Waals surface area contributed by atoms with E-state index in [1.54, 1.807) is 7.11 Å². The Morgan fingerprint density at radius 2 is 2.50 bits per heavy atom. The Bertz CT molecular complexity index is 124. The van der Waals surface area contributed by atoms with E-state index < -0.39 is 0 Å². The fourth-order valence-corrected chi connectivity index (χ4v) is 1.93. The number of hydrogen-bond donors (Lipinski definition) is 0. The van der Waals surface area contributed by atoms with Gasteiger partial charge in [0.25, 0.3) is 0 Å². The van der Waals surface area contributed by atoms with Crippen LogP contribution in [0.2, 0.25) is 0 Å². The summed E-state index contributed by atoms with van der Waals surface area (Å²) in [4.78, 5) is 2.40. The van der Waals surface area contributed by atoms with Gasteiger partial charge in [0.05, 0.1) is 19.8 Å². The summed E-state index contributed by atoms with van der Waals surface area (Å²) in [5, 5.41) is 0.983. The molecule has 0 bridgehead atoms. The fourth-order valence-electron chi connectivity index (χ4n) is 1.33. The third kappa shape index (κ3) is 3.01. The lowest BCUT2D eigenvalue weighted by Crippen LogP contribution is -2.47. The topological polar surface area (TPSA) is 21.7 Å². The number of alkyl halides is 1. The first kappa shape index (κ1) is 10.4. The van der Waals surface area contributed by atoms with Crippen LogP contribution in [0.5, 0.6) is 0 Å². The molecule has 1 aliphatic rings. The summed E-state index contributed by atoms with van der Waals surface area (Å²) in [5.41, 5.74) is 0. The van der Waals surface area contributed by atoms with Crippen LogP contribution in [-0.4, -0.2) is 56.3 Å². The normalized spacial score (nSPS) is 26.0. The van der Waals surface area contributed by atoms with Crippen molar-refractivity contribution in [2.24, 2.45) is 0 Å². The Hall–Kier alpha value is 0.360. The van der Waals surface area contributed by atoms with Crippen LogP contribution in [0.25, 0.3) is 0 Å². The summed E-state index contributed by atoms with van der Waals surface area (Å²) in [6.07, 6.45) is 0. The van der Waals surface area contributed by atoms with E-state index >= 15 is 0 Å². The number of methoxy groups -OCH3 is 1. The van der Waals surface area contributed by atoms with Crippen molar-refractivity contribution in [1.29, 1.82) is 0 Å². The van der Waals surface area contributed by atoms with Crippen LogP contribution in [-0.2, 0) is 9.47 Å². The average molecular weight is 238 g/mol. The fraction of sp³-hybridized carbons (Fsp3) is 1.00. The van der Waals surface area contributed by atoms with Crippen LogP contribution in [0.1, 0.15) is 0 Å². The van der Waals surface area contributed by atoms with Gasteiger partial charge in [-0.3, -0.25) is 4.90 Å². The van der Waals surface area contributed by atoms with E-state index in [0.29, 0.717) is 6.04 Å². The zero-order valence-electron chi connectivity index (χ0n) is 7.46. The minimum absolute atomic E-state index is 0.522. The summed E-state index contributed by atoms with van der Waals surface area (Å²) in [6.45, 7) is 4.54. The summed E-state index contributed by atoms with van der Waals surface area (Å²) in [5.74, 6) is 0. The van der Waals surface area contributed by atoms with Crippen LogP contribution >= 0.6 is 15.9 Å². The molecule has 3 nitrogen and oxygen atoms in total. The SMILES string of the molecule is COCCN1CCOCC1CBr. The van der Waals surface area contributed by atoms with E-state index in [4.69, 9.17) is 9.47 Å². The monoisotopic (exact) mass is 237 g/mol. The molecular weight excluding hydrogens is 222 g/mol. The van der Waals surface area contributed by atoms with E-state index in [-0.39, 0.29) is 0 Å². The maximum Gasteiger partial charge on any atom is 0.0630 e. The quantitative estimate of drug-likeness (QED) is 0.674. The molecule has 4 heteroatoms. The minimum atomic E-state index is 0.522. The molecule has 0 aromatic rings. The van der Waals surface area contributed by atoms with Gasteiger partial charge in [-0.2, -0.15) is 0 Å². The molecule has 0 radical (unpaired) electrons. The van der Waals surface area contributed by atoms with Gasteiger partial charge in [-0.15, -0.1) is 0 Å². The van der Waals surface area contributed by atoms with Crippen LogP contribution in [0, 0.1) is 0 Å². The standard InChI is InChI=1S/C8H16BrNO2/c1-11-4-2-10-3-5-12-7-8(10)6-9/h8H,2-7H2,1H3. The molecule has 0 saturated carbocycles. The van der Waals surface area contributed by atoms with Crippen molar-refractivity contribution in [3.05, 3.63) is 0 Å². The molecule has 1 rings (SSSR count). The summed E-state index contributed by atoms with van der Waals surface area (Å²) in [7, 11) is 1.74. The zero-order valence-corrected chi connectivity index (χ0v) is 9.05. The smallest absolute Gasteiger partial charge is 0.0630 e. The van der Waals surface area contributed by atoms with Crippen molar-refractivity contribution < 1.29 is 9.47 Å². The number of nitrogens with zero attached hydrogens (tertiary/aromatic N) is 1. The van der Waals surface area contributed by atoms with Gasteiger partial charge in [-0.25, -0.2) is 0 Å². The second-order valence-corrected chi connectivity index (χ2v) is 3.56. The summed E-state index contributed by atoms with van der Waals surface area (Å²) < 4.78 is 10.4. The third-order valence-electron chi connectivity index (χ3n) is 2.11. The minimum Gasteiger partial charge on any atom is -0.383 e. The van der Waals surface area contributed by atoms with Crippen LogP contribution in [0.15, 0.2) is 0 Å². The molecule has 0 aromatic carbocycles. The molecule has 0 N–H and O–H groups in total. The lowest BCUT2D eigenvalue weighted by atomic mass is 10.2. The van der Waals surface area contributed by atoms with Crippen molar-refractivity contribution in [1.82, 2.24) is 4.90 Å². The largest absolute Gasteiger partial charge is 0.383 e. The lowest BCUT2D eigenvalue weighted by Gasteiger charge is -2.34. The Balaban J connectivity index is 2.26. The molecule has 0 amide bonds. The van der Waals surface area contributed by atoms with Crippen molar-refractivity contribution in [3.8, 4) is 0 Å². The van der Waals surface area contributed by atoms with Gasteiger partial charge in [-0.1, -0.05) is 15.9 Å². The highest BCUT2D eigenvalue weighted by Gasteiger charge is 2.20. The van der Waals surface area contributed by atoms with Crippen LogP contribution < -0.4 is 0 Å².